The average Bonchev–Trinajstić information content (AvgIpc) is 3.67. The fourth-order valence-corrected chi connectivity index (χ4v) is 7.52. The van der Waals surface area contributed by atoms with Gasteiger partial charge in [-0.05, 0) is 62.7 Å². The molecule has 2 aliphatic rings. The molecular weight excluding hydrogens is 738 g/mol. The molecule has 55 heavy (non-hydrogen) atoms. The maximum absolute atomic E-state index is 13.0. The average molecular weight is 775 g/mol. The molecule has 0 saturated carbocycles. The summed E-state index contributed by atoms with van der Waals surface area (Å²) < 4.78 is 11.0. The molecule has 13 nitrogen and oxygen atoms in total. The number of alkyl carbamates (subject to hydrolysis) is 1. The molecule has 2 aliphatic carbocycles. The number of fused-ring (bicyclic) bond motifs is 6. The Morgan fingerprint density at radius 1 is 0.636 bits per heavy atom. The van der Waals surface area contributed by atoms with Crippen LogP contribution in [0.3, 0.4) is 0 Å². The maximum Gasteiger partial charge on any atom is 1.00 e. The van der Waals surface area contributed by atoms with Crippen molar-refractivity contribution >= 4 is 46.9 Å². The van der Waals surface area contributed by atoms with Gasteiger partial charge in [-0.2, -0.15) is 0 Å². The number of nitrogens with one attached hydrogen (secondary N) is 3. The number of carboxylic acids is 2. The van der Waals surface area contributed by atoms with E-state index in [0.29, 0.717) is 11.8 Å². The van der Waals surface area contributed by atoms with Gasteiger partial charge in [0.15, 0.2) is 0 Å². The van der Waals surface area contributed by atoms with E-state index >= 15 is 0 Å². The van der Waals surface area contributed by atoms with E-state index in [9.17, 15) is 33.9 Å². The van der Waals surface area contributed by atoms with Gasteiger partial charge in [-0.15, -0.1) is 0 Å². The first-order valence-electron chi connectivity index (χ1n) is 17.2. The number of aliphatic carboxylic acids is 2. The number of amides is 3. The molecule has 3 amide bonds. The summed E-state index contributed by atoms with van der Waals surface area (Å²) in [4.78, 5) is 74.5. The number of carbonyl (C=O) groups is 6. The number of hydrogen-bond donors (Lipinski definition) is 5. The first-order valence-corrected chi connectivity index (χ1v) is 18.2. The van der Waals surface area contributed by atoms with Crippen LogP contribution in [0.4, 0.5) is 9.59 Å². The molecule has 0 saturated heterocycles. The van der Waals surface area contributed by atoms with Crippen molar-refractivity contribution in [1.29, 1.82) is 0 Å². The Bertz CT molecular complexity index is 2000. The summed E-state index contributed by atoms with van der Waals surface area (Å²) in [5.74, 6) is -5.09. The van der Waals surface area contributed by atoms with Crippen LogP contribution in [-0.2, 0) is 28.7 Å². The summed E-state index contributed by atoms with van der Waals surface area (Å²) in [7, 11) is 0. The van der Waals surface area contributed by atoms with E-state index < -0.39 is 60.2 Å². The molecule has 0 heterocycles. The Morgan fingerprint density at radius 3 is 1.55 bits per heavy atom. The fourth-order valence-electron chi connectivity index (χ4n) is 6.83. The SMILES string of the molecule is O=C(O)CNC(=O)C(CSC(=O)OCC1c2ccccc2-c2ccccc21)NC(=O)CCC(NC(=O)OCC1c2ccccc2-c2ccccc21)C(=O)O.[Na+]. The van der Waals surface area contributed by atoms with Crippen molar-refractivity contribution in [3.8, 4) is 22.3 Å². The summed E-state index contributed by atoms with van der Waals surface area (Å²) in [6.07, 6.45) is -1.76. The van der Waals surface area contributed by atoms with Crippen LogP contribution < -0.4 is 45.5 Å². The number of carbonyl (C=O) groups excluding carboxylic acids is 4. The molecule has 0 aliphatic heterocycles. The molecule has 6 rings (SSSR count). The minimum atomic E-state index is -1.50. The Hall–Kier alpha value is -5.15. The Kier molecular flexibility index (Phi) is 14.1. The van der Waals surface area contributed by atoms with Crippen LogP contribution in [0, 0.1) is 0 Å². The van der Waals surface area contributed by atoms with Crippen molar-refractivity contribution in [3.63, 3.8) is 0 Å². The van der Waals surface area contributed by atoms with Gasteiger partial charge < -0.3 is 35.6 Å². The Balaban J connectivity index is 0.00000580. The molecule has 2 unspecified atom stereocenters. The second-order valence-corrected chi connectivity index (χ2v) is 13.7. The zero-order valence-corrected chi connectivity index (χ0v) is 32.7. The molecular formula is C40H37N3NaO10S+. The van der Waals surface area contributed by atoms with E-state index in [-0.39, 0.29) is 66.8 Å². The number of rotatable bonds is 15. The molecule has 15 heteroatoms. The van der Waals surface area contributed by atoms with E-state index in [1.807, 2.05) is 97.1 Å². The third-order valence-electron chi connectivity index (χ3n) is 9.36. The molecule has 0 aromatic heterocycles. The van der Waals surface area contributed by atoms with Crippen LogP contribution >= 0.6 is 11.8 Å². The summed E-state index contributed by atoms with van der Waals surface area (Å²) in [5.41, 5.74) is 8.17. The van der Waals surface area contributed by atoms with E-state index in [2.05, 4.69) is 16.0 Å². The number of benzene rings is 4. The van der Waals surface area contributed by atoms with Crippen LogP contribution in [0.15, 0.2) is 97.1 Å². The smallest absolute Gasteiger partial charge is 0.480 e. The van der Waals surface area contributed by atoms with Crippen molar-refractivity contribution in [2.45, 2.75) is 36.8 Å². The Morgan fingerprint density at radius 2 is 1.09 bits per heavy atom. The van der Waals surface area contributed by atoms with Crippen LogP contribution in [0.25, 0.3) is 22.3 Å². The second kappa shape index (κ2) is 18.9. The van der Waals surface area contributed by atoms with Gasteiger partial charge in [-0.1, -0.05) is 97.1 Å². The molecule has 0 spiro atoms. The second-order valence-electron chi connectivity index (χ2n) is 12.7. The van der Waals surface area contributed by atoms with Gasteiger partial charge in [0.05, 0.1) is 0 Å². The van der Waals surface area contributed by atoms with Gasteiger partial charge >= 0.3 is 52.9 Å². The standard InChI is InChI=1S/C40H37N3O10S.Na/c44-35(18-17-33(38(48)49)43-39(50)52-20-31-27-13-5-1-9-23(27)24-10-2-6-14-28(24)31)42-34(37(47)41-19-36(45)46)22-54-40(51)53-21-32-29-15-7-3-11-25(29)26-12-4-8-16-30(26)32;/h1-16,31-34H,17-22H2,(H,41,47)(H,42,44)(H,43,50)(H,45,46)(H,48,49);/q;+1. The predicted molar refractivity (Wildman–Crippen MR) is 199 cm³/mol. The van der Waals surface area contributed by atoms with E-state index in [1.165, 1.54) is 0 Å². The fraction of sp³-hybridized carbons (Fsp3) is 0.250. The zero-order valence-electron chi connectivity index (χ0n) is 29.9. The van der Waals surface area contributed by atoms with Gasteiger partial charge in [0, 0.05) is 24.0 Å². The van der Waals surface area contributed by atoms with Crippen LogP contribution in [-0.4, -0.2) is 83.0 Å². The normalized spacial score (nSPS) is 13.4. The van der Waals surface area contributed by atoms with E-state index in [0.717, 1.165) is 44.5 Å². The first-order chi connectivity index (χ1) is 26.1. The Labute approximate surface area is 342 Å². The van der Waals surface area contributed by atoms with Gasteiger partial charge in [0.2, 0.25) is 11.8 Å². The quantitative estimate of drug-likeness (QED) is 0.0877. The number of ether oxygens (including phenoxy) is 2. The summed E-state index contributed by atoms with van der Waals surface area (Å²) in [6, 6.07) is 28.3. The molecule has 0 radical (unpaired) electrons. The van der Waals surface area contributed by atoms with Crippen molar-refractivity contribution < 1.29 is 78.0 Å². The number of carboxylic acid groups (broad SMARTS) is 2. The van der Waals surface area contributed by atoms with Gasteiger partial charge in [0.25, 0.3) is 0 Å². The van der Waals surface area contributed by atoms with Crippen LogP contribution in [0.2, 0.25) is 0 Å². The monoisotopic (exact) mass is 774 g/mol. The number of thioether (sulfide) groups is 1. The van der Waals surface area contributed by atoms with Crippen molar-refractivity contribution in [3.05, 3.63) is 119 Å². The zero-order chi connectivity index (χ0) is 38.2. The predicted octanol–water partition coefficient (Wildman–Crippen LogP) is 2.13. The van der Waals surface area contributed by atoms with Crippen molar-refractivity contribution in [2.75, 3.05) is 25.5 Å². The summed E-state index contributed by atoms with van der Waals surface area (Å²) in [6.45, 7) is -0.734. The molecule has 5 N–H and O–H groups in total. The van der Waals surface area contributed by atoms with Crippen molar-refractivity contribution in [2.24, 2.45) is 0 Å². The third kappa shape index (κ3) is 9.94. The number of hydrogen-bond acceptors (Lipinski definition) is 9. The van der Waals surface area contributed by atoms with Gasteiger partial charge in [-0.3, -0.25) is 14.4 Å². The topological polar surface area (TPSA) is 197 Å². The molecule has 0 bridgehead atoms. The molecule has 0 fully saturated rings. The van der Waals surface area contributed by atoms with Gasteiger partial charge in [-0.25, -0.2) is 14.4 Å². The summed E-state index contributed by atoms with van der Waals surface area (Å²) in [5, 5.41) is 25.0. The third-order valence-corrected chi connectivity index (χ3v) is 10.2. The van der Waals surface area contributed by atoms with E-state index in [4.69, 9.17) is 14.6 Å². The molecule has 4 aromatic rings. The van der Waals surface area contributed by atoms with Crippen molar-refractivity contribution in [1.82, 2.24) is 16.0 Å². The molecule has 4 aromatic carbocycles. The van der Waals surface area contributed by atoms with E-state index in [1.54, 1.807) is 0 Å². The van der Waals surface area contributed by atoms with Crippen LogP contribution in [0.1, 0.15) is 46.9 Å². The molecule has 2 atom stereocenters. The minimum Gasteiger partial charge on any atom is -0.480 e. The van der Waals surface area contributed by atoms with Crippen LogP contribution in [0.5, 0.6) is 0 Å². The minimum absolute atomic E-state index is 0. The summed E-state index contributed by atoms with van der Waals surface area (Å²) >= 11 is 0.628. The molecule has 278 valence electrons. The maximum atomic E-state index is 13.0. The van der Waals surface area contributed by atoms with Gasteiger partial charge in [0.1, 0.15) is 31.8 Å². The largest absolute Gasteiger partial charge is 1.00 e. The first kappa shape index (κ1) is 41.0.